The summed E-state index contributed by atoms with van der Waals surface area (Å²) in [6.45, 7) is 3.98. The molecule has 2 N–H and O–H groups in total. The van der Waals surface area contributed by atoms with E-state index in [9.17, 15) is 0 Å². The lowest BCUT2D eigenvalue weighted by Gasteiger charge is -2.23. The Labute approximate surface area is 116 Å². The van der Waals surface area contributed by atoms with E-state index < -0.39 is 0 Å². The van der Waals surface area contributed by atoms with E-state index in [0.717, 1.165) is 37.0 Å². The molecule has 0 spiro atoms. The van der Waals surface area contributed by atoms with Gasteiger partial charge in [0.2, 0.25) is 5.95 Å². The highest BCUT2D eigenvalue weighted by Crippen LogP contribution is 2.21. The highest BCUT2D eigenvalue weighted by molar-refractivity contribution is 6.33. The Morgan fingerprint density at radius 3 is 2.89 bits per heavy atom. The van der Waals surface area contributed by atoms with Gasteiger partial charge in [-0.3, -0.25) is 0 Å². The summed E-state index contributed by atoms with van der Waals surface area (Å²) in [5.74, 6) is 0.631. The van der Waals surface area contributed by atoms with Gasteiger partial charge < -0.3 is 10.6 Å². The molecule has 0 unspecified atom stereocenters. The number of nitrogens with one attached hydrogen (secondary N) is 2. The minimum Gasteiger partial charge on any atom is -0.351 e. The third-order valence-corrected chi connectivity index (χ3v) is 3.59. The summed E-state index contributed by atoms with van der Waals surface area (Å²) in [6.07, 6.45) is 3.97. The van der Waals surface area contributed by atoms with Crippen molar-refractivity contribution in [2.45, 2.75) is 25.8 Å². The zero-order valence-electron chi connectivity index (χ0n) is 10.8. The molecule has 0 aromatic carbocycles. The molecule has 1 fully saturated rings. The van der Waals surface area contributed by atoms with E-state index in [4.69, 9.17) is 11.6 Å². The maximum Gasteiger partial charge on any atom is 0.223 e. The van der Waals surface area contributed by atoms with Crippen molar-refractivity contribution in [2.24, 2.45) is 0 Å². The van der Waals surface area contributed by atoms with Gasteiger partial charge in [-0.05, 0) is 38.9 Å². The Bertz CT molecular complexity index is 595. The minimum absolute atomic E-state index is 0.427. The number of halogens is 1. The molecule has 0 saturated carbocycles. The maximum absolute atomic E-state index is 6.14. The summed E-state index contributed by atoms with van der Waals surface area (Å²) < 4.78 is 0. The Kier molecular flexibility index (Phi) is 3.48. The predicted octanol–water partition coefficient (Wildman–Crippen LogP) is 2.15. The van der Waals surface area contributed by atoms with Crippen molar-refractivity contribution in [3.63, 3.8) is 0 Å². The monoisotopic (exact) mass is 277 g/mol. The number of aromatic nitrogens is 3. The molecule has 6 heteroatoms. The number of hydrogen-bond acceptors (Lipinski definition) is 5. The van der Waals surface area contributed by atoms with Gasteiger partial charge in [0.25, 0.3) is 0 Å². The zero-order chi connectivity index (χ0) is 13.2. The van der Waals surface area contributed by atoms with Crippen LogP contribution in [0.1, 0.15) is 18.5 Å². The molecule has 0 bridgehead atoms. The Hall–Kier alpha value is -1.46. The van der Waals surface area contributed by atoms with E-state index in [2.05, 4.69) is 25.6 Å². The van der Waals surface area contributed by atoms with Crippen LogP contribution in [0.2, 0.25) is 5.15 Å². The fraction of sp³-hybridized carbons (Fsp3) is 0.462. The third kappa shape index (κ3) is 2.77. The van der Waals surface area contributed by atoms with Gasteiger partial charge in [-0.25, -0.2) is 15.0 Å². The molecule has 3 heterocycles. The van der Waals surface area contributed by atoms with Crippen LogP contribution in [-0.4, -0.2) is 34.1 Å². The summed E-state index contributed by atoms with van der Waals surface area (Å²) in [6, 6.07) is 2.37. The Morgan fingerprint density at radius 2 is 2.11 bits per heavy atom. The quantitative estimate of drug-likeness (QED) is 0.824. The third-order valence-electron chi connectivity index (χ3n) is 3.32. The van der Waals surface area contributed by atoms with Crippen molar-refractivity contribution >= 4 is 28.5 Å². The van der Waals surface area contributed by atoms with Crippen molar-refractivity contribution in [2.75, 3.05) is 18.4 Å². The number of fused-ring (bicyclic) bond motifs is 1. The highest BCUT2D eigenvalue weighted by atomic mass is 35.5. The van der Waals surface area contributed by atoms with Gasteiger partial charge in [-0.1, -0.05) is 11.6 Å². The fourth-order valence-electron chi connectivity index (χ4n) is 2.35. The maximum atomic E-state index is 6.14. The molecule has 0 radical (unpaired) electrons. The van der Waals surface area contributed by atoms with E-state index in [0.29, 0.717) is 22.7 Å². The molecule has 2 aromatic heterocycles. The van der Waals surface area contributed by atoms with Crippen molar-refractivity contribution in [1.82, 2.24) is 20.3 Å². The molecule has 5 nitrogen and oxygen atoms in total. The van der Waals surface area contributed by atoms with Crippen molar-refractivity contribution in [1.29, 1.82) is 0 Å². The van der Waals surface area contributed by atoms with Crippen LogP contribution in [0, 0.1) is 6.92 Å². The highest BCUT2D eigenvalue weighted by Gasteiger charge is 2.14. The lowest BCUT2D eigenvalue weighted by Crippen LogP contribution is -2.35. The van der Waals surface area contributed by atoms with Crippen LogP contribution in [0.3, 0.4) is 0 Å². The van der Waals surface area contributed by atoms with E-state index in [1.54, 1.807) is 6.20 Å². The summed E-state index contributed by atoms with van der Waals surface area (Å²) in [5, 5.41) is 8.06. The molecule has 19 heavy (non-hydrogen) atoms. The van der Waals surface area contributed by atoms with Gasteiger partial charge >= 0.3 is 0 Å². The first-order chi connectivity index (χ1) is 9.22. The summed E-state index contributed by atoms with van der Waals surface area (Å²) in [5.41, 5.74) is 1.58. The van der Waals surface area contributed by atoms with Crippen molar-refractivity contribution in [3.8, 4) is 0 Å². The summed E-state index contributed by atoms with van der Waals surface area (Å²) in [4.78, 5) is 13.1. The minimum atomic E-state index is 0.427. The van der Waals surface area contributed by atoms with Gasteiger partial charge in [0.1, 0.15) is 5.52 Å². The predicted molar refractivity (Wildman–Crippen MR) is 76.6 cm³/mol. The zero-order valence-corrected chi connectivity index (χ0v) is 11.5. The summed E-state index contributed by atoms with van der Waals surface area (Å²) in [7, 11) is 0. The molecule has 2 aromatic rings. The van der Waals surface area contributed by atoms with Crippen LogP contribution < -0.4 is 10.6 Å². The van der Waals surface area contributed by atoms with Gasteiger partial charge in [0, 0.05) is 23.3 Å². The van der Waals surface area contributed by atoms with Crippen LogP contribution in [0.25, 0.3) is 10.9 Å². The van der Waals surface area contributed by atoms with Gasteiger partial charge in [-0.15, -0.1) is 0 Å². The SMILES string of the molecule is Cc1cc2cnc(NC3CCNCC3)nc2c(Cl)n1. The van der Waals surface area contributed by atoms with E-state index in [-0.39, 0.29) is 0 Å². The molecule has 0 atom stereocenters. The number of aryl methyl sites for hydroxylation is 1. The first-order valence-electron chi connectivity index (χ1n) is 6.49. The Morgan fingerprint density at radius 1 is 1.32 bits per heavy atom. The van der Waals surface area contributed by atoms with Crippen LogP contribution >= 0.6 is 11.6 Å². The molecular formula is C13H16ClN5. The number of nitrogens with zero attached hydrogens (tertiary/aromatic N) is 3. The van der Waals surface area contributed by atoms with Crippen molar-refractivity contribution < 1.29 is 0 Å². The molecule has 1 aliphatic heterocycles. The normalized spacial score (nSPS) is 16.7. The topological polar surface area (TPSA) is 62.7 Å². The van der Waals surface area contributed by atoms with Crippen LogP contribution in [0.4, 0.5) is 5.95 Å². The van der Waals surface area contributed by atoms with Crippen LogP contribution in [0.15, 0.2) is 12.3 Å². The average molecular weight is 278 g/mol. The second kappa shape index (κ2) is 5.27. The number of anilines is 1. The standard InChI is InChI=1S/C13H16ClN5/c1-8-6-9-7-16-13(19-11(9)12(14)17-8)18-10-2-4-15-5-3-10/h6-7,10,15H,2-5H2,1H3,(H,16,18,19). The van der Waals surface area contributed by atoms with Gasteiger partial charge in [0.05, 0.1) is 0 Å². The molecule has 1 saturated heterocycles. The molecule has 3 rings (SSSR count). The van der Waals surface area contributed by atoms with E-state index in [1.165, 1.54) is 0 Å². The lowest BCUT2D eigenvalue weighted by molar-refractivity contribution is 0.477. The van der Waals surface area contributed by atoms with Gasteiger partial charge in [0.15, 0.2) is 5.15 Å². The smallest absolute Gasteiger partial charge is 0.223 e. The molecule has 0 amide bonds. The molecule has 100 valence electrons. The largest absolute Gasteiger partial charge is 0.351 e. The van der Waals surface area contributed by atoms with Gasteiger partial charge in [-0.2, -0.15) is 0 Å². The van der Waals surface area contributed by atoms with E-state index in [1.807, 2.05) is 13.0 Å². The first-order valence-corrected chi connectivity index (χ1v) is 6.87. The number of rotatable bonds is 2. The number of piperidine rings is 1. The van der Waals surface area contributed by atoms with E-state index >= 15 is 0 Å². The fourth-order valence-corrected chi connectivity index (χ4v) is 2.63. The van der Waals surface area contributed by atoms with Crippen LogP contribution in [0.5, 0.6) is 0 Å². The lowest BCUT2D eigenvalue weighted by atomic mass is 10.1. The molecular weight excluding hydrogens is 262 g/mol. The molecule has 1 aliphatic rings. The average Bonchev–Trinajstić information content (AvgIpc) is 2.40. The Balaban J connectivity index is 1.88. The first kappa shape index (κ1) is 12.6. The second-order valence-corrected chi connectivity index (χ2v) is 5.21. The van der Waals surface area contributed by atoms with Crippen molar-refractivity contribution in [3.05, 3.63) is 23.1 Å². The molecule has 0 aliphatic carbocycles. The summed E-state index contributed by atoms with van der Waals surface area (Å²) >= 11 is 6.14. The number of pyridine rings is 1. The van der Waals surface area contributed by atoms with Crippen LogP contribution in [-0.2, 0) is 0 Å². The number of hydrogen-bond donors (Lipinski definition) is 2. The second-order valence-electron chi connectivity index (χ2n) is 4.85.